The molecule has 0 unspecified atom stereocenters. The van der Waals surface area contributed by atoms with Crippen LogP contribution in [0.5, 0.6) is 0 Å². The highest BCUT2D eigenvalue weighted by molar-refractivity contribution is 5.73. The molecule has 0 saturated carbocycles. The molecule has 1 aliphatic heterocycles. The third-order valence-corrected chi connectivity index (χ3v) is 4.48. The summed E-state index contributed by atoms with van der Waals surface area (Å²) in [5.41, 5.74) is 0.0889. The third kappa shape index (κ3) is 4.65. The van der Waals surface area contributed by atoms with E-state index in [4.69, 9.17) is 14.2 Å². The van der Waals surface area contributed by atoms with E-state index in [9.17, 15) is 18.0 Å². The van der Waals surface area contributed by atoms with Crippen LogP contribution in [0.2, 0.25) is 0 Å². The van der Waals surface area contributed by atoms with Gasteiger partial charge in [0.05, 0.1) is 49.6 Å². The molecule has 10 heteroatoms. The van der Waals surface area contributed by atoms with Crippen molar-refractivity contribution in [1.82, 2.24) is 9.97 Å². The van der Waals surface area contributed by atoms with Gasteiger partial charge in [0.1, 0.15) is 18.0 Å². The number of rotatable bonds is 7. The summed E-state index contributed by atoms with van der Waals surface area (Å²) in [5.74, 6) is -1.25. The van der Waals surface area contributed by atoms with Crippen LogP contribution in [0.1, 0.15) is 48.1 Å². The fourth-order valence-electron chi connectivity index (χ4n) is 3.02. The van der Waals surface area contributed by atoms with Crippen molar-refractivity contribution in [3.8, 4) is 0 Å². The van der Waals surface area contributed by atoms with Crippen molar-refractivity contribution < 1.29 is 32.2 Å². The van der Waals surface area contributed by atoms with Gasteiger partial charge in [-0.3, -0.25) is 4.79 Å². The molecule has 0 spiro atoms. The number of halogens is 3. The molecule has 1 aliphatic rings. The van der Waals surface area contributed by atoms with Gasteiger partial charge < -0.3 is 19.5 Å². The summed E-state index contributed by atoms with van der Waals surface area (Å²) in [6.07, 6.45) is -2.65. The second-order valence-corrected chi connectivity index (χ2v) is 6.33. The van der Waals surface area contributed by atoms with E-state index < -0.39 is 36.1 Å². The molecular formula is C19H20F3N3O4. The molecule has 1 atom stereocenters. The van der Waals surface area contributed by atoms with Crippen LogP contribution in [-0.4, -0.2) is 36.3 Å². The van der Waals surface area contributed by atoms with E-state index in [0.29, 0.717) is 24.5 Å². The maximum absolute atomic E-state index is 14.5. The highest BCUT2D eigenvalue weighted by Crippen LogP contribution is 2.34. The Morgan fingerprint density at radius 3 is 2.62 bits per heavy atom. The van der Waals surface area contributed by atoms with Gasteiger partial charge in [0.2, 0.25) is 0 Å². The number of methoxy groups -OCH3 is 1. The van der Waals surface area contributed by atoms with E-state index in [1.54, 1.807) is 6.92 Å². The summed E-state index contributed by atoms with van der Waals surface area (Å²) < 4.78 is 56.3. The normalized spacial score (nSPS) is 15.5. The molecule has 2 aromatic rings. The number of esters is 1. The summed E-state index contributed by atoms with van der Waals surface area (Å²) in [5, 5.41) is 2.99. The van der Waals surface area contributed by atoms with E-state index in [-0.39, 0.29) is 17.8 Å². The Balaban J connectivity index is 1.95. The zero-order valence-electron chi connectivity index (χ0n) is 15.8. The number of benzene rings is 1. The molecular weight excluding hydrogens is 391 g/mol. The van der Waals surface area contributed by atoms with Gasteiger partial charge >= 0.3 is 5.97 Å². The average Bonchev–Trinajstić information content (AvgIpc) is 3.22. The number of hydrogen-bond acceptors (Lipinski definition) is 7. The van der Waals surface area contributed by atoms with Gasteiger partial charge in [0, 0.05) is 5.56 Å². The molecule has 0 radical (unpaired) electrons. The minimum Gasteiger partial charge on any atom is -0.469 e. The molecule has 0 amide bonds. The maximum Gasteiger partial charge on any atom is 0.311 e. The van der Waals surface area contributed by atoms with Crippen LogP contribution in [0.25, 0.3) is 0 Å². The SMILES string of the molecule is COC(=O)Cc1ncnc(N[C@H](C)c2cccc(C(F)F)c2F)c1C1OCCO1. The van der Waals surface area contributed by atoms with Crippen molar-refractivity contribution in [2.45, 2.75) is 32.1 Å². The molecule has 29 heavy (non-hydrogen) atoms. The summed E-state index contributed by atoms with van der Waals surface area (Å²) >= 11 is 0. The number of carbonyl (C=O) groups excluding carboxylic acids is 1. The maximum atomic E-state index is 14.5. The Morgan fingerprint density at radius 1 is 1.28 bits per heavy atom. The van der Waals surface area contributed by atoms with E-state index in [0.717, 1.165) is 6.07 Å². The van der Waals surface area contributed by atoms with Crippen molar-refractivity contribution in [2.24, 2.45) is 0 Å². The molecule has 1 saturated heterocycles. The molecule has 1 aromatic heterocycles. The van der Waals surface area contributed by atoms with Crippen LogP contribution in [0, 0.1) is 5.82 Å². The van der Waals surface area contributed by atoms with Crippen LogP contribution in [0.3, 0.4) is 0 Å². The number of hydrogen-bond donors (Lipinski definition) is 1. The van der Waals surface area contributed by atoms with Crippen molar-refractivity contribution in [1.29, 1.82) is 0 Å². The van der Waals surface area contributed by atoms with Gasteiger partial charge in [0.25, 0.3) is 6.43 Å². The molecule has 1 N–H and O–H groups in total. The van der Waals surface area contributed by atoms with Crippen molar-refractivity contribution in [3.05, 3.63) is 52.7 Å². The lowest BCUT2D eigenvalue weighted by Gasteiger charge is -2.22. The van der Waals surface area contributed by atoms with E-state index in [1.165, 1.54) is 25.6 Å². The molecule has 1 aromatic carbocycles. The first kappa shape index (κ1) is 21.0. The molecule has 0 bridgehead atoms. The van der Waals surface area contributed by atoms with Crippen LogP contribution in [-0.2, 0) is 25.4 Å². The largest absolute Gasteiger partial charge is 0.469 e. The number of nitrogens with one attached hydrogen (secondary N) is 1. The van der Waals surface area contributed by atoms with Gasteiger partial charge in [0.15, 0.2) is 6.29 Å². The smallest absolute Gasteiger partial charge is 0.311 e. The highest BCUT2D eigenvalue weighted by atomic mass is 19.3. The zero-order valence-corrected chi connectivity index (χ0v) is 15.8. The first-order valence-corrected chi connectivity index (χ1v) is 8.89. The summed E-state index contributed by atoms with van der Waals surface area (Å²) in [6, 6.07) is 3.11. The fourth-order valence-corrected chi connectivity index (χ4v) is 3.02. The lowest BCUT2D eigenvalue weighted by Crippen LogP contribution is -2.18. The van der Waals surface area contributed by atoms with E-state index in [2.05, 4.69) is 15.3 Å². The molecule has 2 heterocycles. The fraction of sp³-hybridized carbons (Fsp3) is 0.421. The van der Waals surface area contributed by atoms with Gasteiger partial charge in [-0.05, 0) is 6.92 Å². The van der Waals surface area contributed by atoms with Crippen LogP contribution in [0.15, 0.2) is 24.5 Å². The number of ether oxygens (including phenoxy) is 3. The Bertz CT molecular complexity index is 876. The topological polar surface area (TPSA) is 82.6 Å². The number of carbonyl (C=O) groups is 1. The monoisotopic (exact) mass is 411 g/mol. The van der Waals surface area contributed by atoms with Crippen molar-refractivity contribution in [3.63, 3.8) is 0 Å². The standard InChI is InChI=1S/C19H20F3N3O4/c1-10(11-4-3-5-12(16(11)20)17(21)22)25-18-15(19-28-6-7-29-19)13(23-9-24-18)8-14(26)27-2/h3-5,9-10,17,19H,6-8H2,1-2H3,(H,23,24,25)/t10-/m1/s1. The predicted octanol–water partition coefficient (Wildman–Crippen LogP) is 3.49. The number of nitrogens with zero attached hydrogens (tertiary/aromatic N) is 2. The third-order valence-electron chi connectivity index (χ3n) is 4.48. The molecule has 1 fully saturated rings. The van der Waals surface area contributed by atoms with E-state index in [1.807, 2.05) is 0 Å². The first-order valence-electron chi connectivity index (χ1n) is 8.89. The lowest BCUT2D eigenvalue weighted by molar-refractivity contribution is -0.139. The van der Waals surface area contributed by atoms with Crippen molar-refractivity contribution >= 4 is 11.8 Å². The predicted molar refractivity (Wildman–Crippen MR) is 95.8 cm³/mol. The highest BCUT2D eigenvalue weighted by Gasteiger charge is 2.29. The summed E-state index contributed by atoms with van der Waals surface area (Å²) in [7, 11) is 1.26. The molecule has 156 valence electrons. The van der Waals surface area contributed by atoms with Crippen LogP contribution >= 0.6 is 0 Å². The van der Waals surface area contributed by atoms with Crippen LogP contribution < -0.4 is 5.32 Å². The van der Waals surface area contributed by atoms with Gasteiger partial charge in [-0.15, -0.1) is 0 Å². The Labute approximate surface area is 165 Å². The lowest BCUT2D eigenvalue weighted by atomic mass is 10.0. The number of aromatic nitrogens is 2. The van der Waals surface area contributed by atoms with Gasteiger partial charge in [-0.25, -0.2) is 23.1 Å². The van der Waals surface area contributed by atoms with Crippen molar-refractivity contribution in [2.75, 3.05) is 25.6 Å². The Hall–Kier alpha value is -2.72. The van der Waals surface area contributed by atoms with E-state index >= 15 is 0 Å². The second kappa shape index (κ2) is 9.19. The first-order chi connectivity index (χ1) is 13.9. The molecule has 0 aliphatic carbocycles. The minimum atomic E-state index is -2.93. The quantitative estimate of drug-likeness (QED) is 0.699. The Morgan fingerprint density at radius 2 is 1.97 bits per heavy atom. The average molecular weight is 411 g/mol. The second-order valence-electron chi connectivity index (χ2n) is 6.33. The minimum absolute atomic E-state index is 0.0511. The van der Waals surface area contributed by atoms with Gasteiger partial charge in [-0.2, -0.15) is 0 Å². The molecule has 3 rings (SSSR count). The number of alkyl halides is 2. The number of anilines is 1. The summed E-state index contributed by atoms with van der Waals surface area (Å²) in [6.45, 7) is 2.30. The van der Waals surface area contributed by atoms with Gasteiger partial charge in [-0.1, -0.05) is 18.2 Å². The Kier molecular flexibility index (Phi) is 6.65. The summed E-state index contributed by atoms with van der Waals surface area (Å²) in [4.78, 5) is 20.0. The van der Waals surface area contributed by atoms with Crippen LogP contribution in [0.4, 0.5) is 19.0 Å². The molecule has 7 nitrogen and oxygen atoms in total. The zero-order chi connectivity index (χ0) is 21.0.